The van der Waals surface area contributed by atoms with Crippen LogP contribution in [0.1, 0.15) is 18.6 Å². The van der Waals surface area contributed by atoms with Crippen molar-refractivity contribution in [2.75, 3.05) is 0 Å². The van der Waals surface area contributed by atoms with Crippen LogP contribution in [0.5, 0.6) is 11.6 Å². The van der Waals surface area contributed by atoms with E-state index in [9.17, 15) is 19.5 Å². The summed E-state index contributed by atoms with van der Waals surface area (Å²) >= 11 is 12.4. The molecule has 1 atom stereocenters. The van der Waals surface area contributed by atoms with Crippen LogP contribution in [-0.2, 0) is 7.05 Å². The predicted octanol–water partition coefficient (Wildman–Crippen LogP) is 1.37. The highest BCUT2D eigenvalue weighted by molar-refractivity contribution is 6.37. The lowest BCUT2D eigenvalue weighted by Crippen LogP contribution is -2.31. The quantitative estimate of drug-likeness (QED) is 0.572. The molecule has 0 amide bonds. The van der Waals surface area contributed by atoms with E-state index >= 15 is 0 Å². The predicted molar refractivity (Wildman–Crippen MR) is 101 cm³/mol. The SMILES string of the molecule is C[C@@H](O)c1cc(Oc2c(Cl)cc(-c3nn(C)c(=O)[nH]c3=O)cc2Cl)n[nH]c1=O. The van der Waals surface area contributed by atoms with E-state index < -0.39 is 22.9 Å². The van der Waals surface area contributed by atoms with Crippen molar-refractivity contribution in [1.82, 2.24) is 25.0 Å². The van der Waals surface area contributed by atoms with Crippen LogP contribution in [-0.4, -0.2) is 30.1 Å². The average Bonchev–Trinajstić information content (AvgIpc) is 2.62. The van der Waals surface area contributed by atoms with Crippen molar-refractivity contribution < 1.29 is 9.84 Å². The number of aryl methyl sites for hydroxylation is 1. The number of aromatic amines is 2. The molecule has 0 bridgehead atoms. The van der Waals surface area contributed by atoms with Gasteiger partial charge in [0, 0.05) is 18.7 Å². The molecule has 0 unspecified atom stereocenters. The molecule has 3 N–H and O–H groups in total. The average molecular weight is 426 g/mol. The van der Waals surface area contributed by atoms with E-state index in [0.717, 1.165) is 4.68 Å². The molecule has 10 nitrogen and oxygen atoms in total. The molecule has 146 valence electrons. The van der Waals surface area contributed by atoms with Crippen LogP contribution in [0.3, 0.4) is 0 Å². The molecule has 0 fully saturated rings. The van der Waals surface area contributed by atoms with E-state index in [0.29, 0.717) is 0 Å². The molecule has 2 heterocycles. The Bertz CT molecular complexity index is 1210. The number of aromatic nitrogens is 5. The number of nitrogens with zero attached hydrogens (tertiary/aromatic N) is 3. The third kappa shape index (κ3) is 3.84. The molecule has 0 saturated carbocycles. The standard InChI is InChI=1S/C16H13Cl2N5O5/c1-6(24)8-5-11(20-21-14(8)25)28-13-9(17)3-7(4-10(13)18)12-15(26)19-16(27)23(2)22-12/h3-6,24H,1-2H3,(H,21,25)(H,19,26,27)/t6-/m1/s1. The van der Waals surface area contributed by atoms with E-state index in [1.807, 2.05) is 0 Å². The van der Waals surface area contributed by atoms with Gasteiger partial charge in [-0.3, -0.25) is 14.6 Å². The van der Waals surface area contributed by atoms with Crippen molar-refractivity contribution >= 4 is 23.2 Å². The zero-order valence-corrected chi connectivity index (χ0v) is 16.0. The molecule has 2 aromatic heterocycles. The van der Waals surface area contributed by atoms with Crippen molar-refractivity contribution in [3.05, 3.63) is 65.0 Å². The Labute approximate surface area is 166 Å². The number of hydrogen-bond donors (Lipinski definition) is 3. The molecule has 0 aliphatic carbocycles. The number of rotatable bonds is 4. The minimum atomic E-state index is -1.04. The Kier molecular flexibility index (Phi) is 5.36. The number of hydrogen-bond acceptors (Lipinski definition) is 7. The van der Waals surface area contributed by atoms with Gasteiger partial charge >= 0.3 is 5.69 Å². The summed E-state index contributed by atoms with van der Waals surface area (Å²) in [7, 11) is 1.38. The van der Waals surface area contributed by atoms with Gasteiger partial charge in [0.2, 0.25) is 5.88 Å². The van der Waals surface area contributed by atoms with Crippen molar-refractivity contribution in [1.29, 1.82) is 0 Å². The minimum absolute atomic E-state index is 0.0180. The second-order valence-electron chi connectivity index (χ2n) is 5.77. The molecular weight excluding hydrogens is 413 g/mol. The lowest BCUT2D eigenvalue weighted by atomic mass is 10.1. The number of benzene rings is 1. The van der Waals surface area contributed by atoms with Gasteiger partial charge in [-0.2, -0.15) is 5.10 Å². The topological polar surface area (TPSA) is 143 Å². The number of nitrogens with one attached hydrogen (secondary N) is 2. The van der Waals surface area contributed by atoms with Gasteiger partial charge in [0.05, 0.1) is 21.7 Å². The zero-order valence-electron chi connectivity index (χ0n) is 14.5. The molecule has 28 heavy (non-hydrogen) atoms. The van der Waals surface area contributed by atoms with Crippen LogP contribution < -0.4 is 21.5 Å². The van der Waals surface area contributed by atoms with Crippen LogP contribution in [0.15, 0.2) is 32.6 Å². The molecule has 3 rings (SSSR count). The van der Waals surface area contributed by atoms with Crippen molar-refractivity contribution in [2.24, 2.45) is 7.05 Å². The summed E-state index contributed by atoms with van der Waals surface area (Å²) < 4.78 is 6.49. The third-order valence-corrected chi connectivity index (χ3v) is 4.28. The summed E-state index contributed by atoms with van der Waals surface area (Å²) in [6.07, 6.45) is -1.04. The Hall–Kier alpha value is -2.95. The van der Waals surface area contributed by atoms with E-state index in [4.69, 9.17) is 27.9 Å². The highest BCUT2D eigenvalue weighted by atomic mass is 35.5. The second kappa shape index (κ2) is 7.58. The normalized spacial score (nSPS) is 12.0. The molecule has 1 aromatic carbocycles. The Morgan fingerprint density at radius 1 is 1.14 bits per heavy atom. The highest BCUT2D eigenvalue weighted by Gasteiger charge is 2.17. The van der Waals surface area contributed by atoms with Gasteiger partial charge in [-0.1, -0.05) is 23.2 Å². The summed E-state index contributed by atoms with van der Waals surface area (Å²) in [5.41, 5.74) is -1.67. The first-order valence-corrected chi connectivity index (χ1v) is 8.55. The number of aliphatic hydroxyl groups is 1. The van der Waals surface area contributed by atoms with Crippen LogP contribution in [0, 0.1) is 0 Å². The zero-order chi connectivity index (χ0) is 20.6. The fourth-order valence-corrected chi connectivity index (χ4v) is 2.89. The van der Waals surface area contributed by atoms with Crippen LogP contribution in [0.25, 0.3) is 11.3 Å². The first-order chi connectivity index (χ1) is 13.2. The van der Waals surface area contributed by atoms with Gasteiger partial charge in [0.1, 0.15) is 0 Å². The lowest BCUT2D eigenvalue weighted by molar-refractivity contribution is 0.196. The fraction of sp³-hybridized carbons (Fsp3) is 0.188. The molecule has 0 aliphatic heterocycles. The van der Waals surface area contributed by atoms with Crippen LogP contribution in [0.4, 0.5) is 0 Å². The first kappa shape index (κ1) is 19.8. The van der Waals surface area contributed by atoms with Crippen LogP contribution >= 0.6 is 23.2 Å². The Morgan fingerprint density at radius 2 is 1.79 bits per heavy atom. The van der Waals surface area contributed by atoms with Crippen molar-refractivity contribution in [2.45, 2.75) is 13.0 Å². The molecule has 0 radical (unpaired) electrons. The molecule has 0 aliphatic rings. The second-order valence-corrected chi connectivity index (χ2v) is 6.58. The monoisotopic (exact) mass is 425 g/mol. The van der Waals surface area contributed by atoms with E-state index in [1.54, 1.807) is 0 Å². The van der Waals surface area contributed by atoms with Gasteiger partial charge in [0.25, 0.3) is 11.1 Å². The maximum atomic E-state index is 12.0. The van der Waals surface area contributed by atoms with Crippen molar-refractivity contribution in [3.8, 4) is 22.9 Å². The van der Waals surface area contributed by atoms with Gasteiger partial charge in [-0.15, -0.1) is 5.10 Å². The smallest absolute Gasteiger partial charge is 0.344 e. The number of ether oxygens (including phenoxy) is 1. The third-order valence-electron chi connectivity index (χ3n) is 3.72. The van der Waals surface area contributed by atoms with Gasteiger partial charge in [-0.05, 0) is 19.1 Å². The fourth-order valence-electron chi connectivity index (χ4n) is 2.33. The molecule has 3 aromatic rings. The summed E-state index contributed by atoms with van der Waals surface area (Å²) in [4.78, 5) is 37.2. The Morgan fingerprint density at radius 3 is 2.39 bits per heavy atom. The minimum Gasteiger partial charge on any atom is -0.434 e. The summed E-state index contributed by atoms with van der Waals surface area (Å²) in [5.74, 6) is -0.0328. The molecule has 0 spiro atoms. The highest BCUT2D eigenvalue weighted by Crippen LogP contribution is 2.38. The molecular formula is C16H13Cl2N5O5. The van der Waals surface area contributed by atoms with E-state index in [1.165, 1.54) is 32.2 Å². The number of aliphatic hydroxyl groups excluding tert-OH is 1. The summed E-state index contributed by atoms with van der Waals surface area (Å²) in [6.45, 7) is 1.42. The number of halogens is 2. The lowest BCUT2D eigenvalue weighted by Gasteiger charge is -2.11. The maximum Gasteiger partial charge on any atom is 0.344 e. The summed E-state index contributed by atoms with van der Waals surface area (Å²) in [5, 5.41) is 19.5. The van der Waals surface area contributed by atoms with Crippen LogP contribution in [0.2, 0.25) is 10.0 Å². The van der Waals surface area contributed by atoms with Crippen molar-refractivity contribution in [3.63, 3.8) is 0 Å². The van der Waals surface area contributed by atoms with Gasteiger partial charge in [-0.25, -0.2) is 14.6 Å². The van der Waals surface area contributed by atoms with E-state index in [2.05, 4.69) is 20.3 Å². The first-order valence-electron chi connectivity index (χ1n) is 7.80. The van der Waals surface area contributed by atoms with E-state index in [-0.39, 0.29) is 38.5 Å². The largest absolute Gasteiger partial charge is 0.434 e. The van der Waals surface area contributed by atoms with Gasteiger partial charge in [0.15, 0.2) is 11.4 Å². The molecule has 0 saturated heterocycles. The van der Waals surface area contributed by atoms with Gasteiger partial charge < -0.3 is 9.84 Å². The summed E-state index contributed by atoms with van der Waals surface area (Å²) in [6, 6.07) is 4.02. The molecule has 12 heteroatoms. The maximum absolute atomic E-state index is 12.0. The Balaban J connectivity index is 2.03. The number of H-pyrrole nitrogens is 2.